The summed E-state index contributed by atoms with van der Waals surface area (Å²) in [4.78, 5) is 16.7. The van der Waals surface area contributed by atoms with Crippen LogP contribution >= 0.6 is 0 Å². The zero-order valence-electron chi connectivity index (χ0n) is 12.6. The van der Waals surface area contributed by atoms with Gasteiger partial charge in [-0.2, -0.15) is 0 Å². The maximum absolute atomic E-state index is 13.8. The summed E-state index contributed by atoms with van der Waals surface area (Å²) in [5.41, 5.74) is 0.800. The Morgan fingerprint density at radius 1 is 1.33 bits per heavy atom. The number of carbonyl (C=O) groups excluding carboxylic acids is 1. The first-order chi connectivity index (χ1) is 11.6. The van der Waals surface area contributed by atoms with Crippen LogP contribution in [0.3, 0.4) is 0 Å². The quantitative estimate of drug-likeness (QED) is 0.855. The molecule has 1 unspecified atom stereocenters. The van der Waals surface area contributed by atoms with Gasteiger partial charge in [0.1, 0.15) is 18.1 Å². The predicted molar refractivity (Wildman–Crippen MR) is 76.7 cm³/mol. The van der Waals surface area contributed by atoms with Crippen LogP contribution in [0.25, 0.3) is 0 Å². The van der Waals surface area contributed by atoms with Gasteiger partial charge in [-0.1, -0.05) is 0 Å². The summed E-state index contributed by atoms with van der Waals surface area (Å²) in [5, 5.41) is 2.77. The van der Waals surface area contributed by atoms with Gasteiger partial charge < -0.3 is 14.6 Å². The third kappa shape index (κ3) is 2.29. The summed E-state index contributed by atoms with van der Waals surface area (Å²) in [6.45, 7) is 1.36. The summed E-state index contributed by atoms with van der Waals surface area (Å²) in [6, 6.07) is 0.411. The fourth-order valence-electron chi connectivity index (χ4n) is 3.32. The second kappa shape index (κ2) is 5.62. The molecule has 0 radical (unpaired) electrons. The van der Waals surface area contributed by atoms with E-state index in [1.807, 2.05) is 0 Å². The zero-order valence-corrected chi connectivity index (χ0v) is 12.6. The Kier molecular flexibility index (Phi) is 3.56. The monoisotopic (exact) mass is 337 g/mol. The molecule has 2 aromatic rings. The minimum absolute atomic E-state index is 0.128. The Bertz CT molecular complexity index is 834. The lowest BCUT2D eigenvalue weighted by atomic mass is 10.1. The molecule has 1 aromatic heterocycles. The molecule has 0 saturated carbocycles. The maximum atomic E-state index is 13.8. The van der Waals surface area contributed by atoms with E-state index in [-0.39, 0.29) is 17.9 Å². The number of hydrogen-bond donors (Lipinski definition) is 1. The van der Waals surface area contributed by atoms with Crippen molar-refractivity contribution in [2.75, 3.05) is 6.61 Å². The number of nitrogens with one attached hydrogen (secondary N) is 1. The first-order valence-corrected chi connectivity index (χ1v) is 7.65. The molecular formula is C16H14F3N3O2. The van der Waals surface area contributed by atoms with E-state index in [1.165, 1.54) is 6.20 Å². The lowest BCUT2D eigenvalue weighted by Crippen LogP contribution is -2.30. The van der Waals surface area contributed by atoms with Crippen molar-refractivity contribution in [2.24, 2.45) is 0 Å². The van der Waals surface area contributed by atoms with E-state index in [9.17, 15) is 18.0 Å². The Balaban J connectivity index is 1.60. The highest BCUT2D eigenvalue weighted by atomic mass is 19.2. The molecule has 5 nitrogen and oxygen atoms in total. The van der Waals surface area contributed by atoms with Crippen molar-refractivity contribution in [3.8, 4) is 0 Å². The van der Waals surface area contributed by atoms with Crippen LogP contribution in [0.5, 0.6) is 0 Å². The Labute approximate surface area is 135 Å². The molecule has 2 aliphatic rings. The topological polar surface area (TPSA) is 56.2 Å². The molecule has 4 rings (SSSR count). The van der Waals surface area contributed by atoms with Crippen molar-refractivity contribution in [3.63, 3.8) is 0 Å². The van der Waals surface area contributed by atoms with Gasteiger partial charge >= 0.3 is 0 Å². The van der Waals surface area contributed by atoms with E-state index in [1.54, 1.807) is 4.57 Å². The molecule has 1 N–H and O–H groups in total. The molecule has 0 fully saturated rings. The number of nitrogens with zero attached hydrogens (tertiary/aromatic N) is 2. The van der Waals surface area contributed by atoms with Crippen molar-refractivity contribution in [3.05, 3.63) is 52.4 Å². The average molecular weight is 337 g/mol. The smallest absolute Gasteiger partial charge is 0.270 e. The van der Waals surface area contributed by atoms with Gasteiger partial charge in [0.25, 0.3) is 5.91 Å². The molecule has 126 valence electrons. The van der Waals surface area contributed by atoms with Crippen LogP contribution in [-0.4, -0.2) is 22.1 Å². The molecule has 2 heterocycles. The Morgan fingerprint density at radius 3 is 3.00 bits per heavy atom. The molecule has 1 aliphatic carbocycles. The number of amides is 1. The third-order valence-corrected chi connectivity index (χ3v) is 4.52. The van der Waals surface area contributed by atoms with E-state index in [0.29, 0.717) is 43.3 Å². The number of carbonyl (C=O) groups is 1. The van der Waals surface area contributed by atoms with Gasteiger partial charge in [-0.25, -0.2) is 18.2 Å². The van der Waals surface area contributed by atoms with E-state index < -0.39 is 23.5 Å². The highest BCUT2D eigenvalue weighted by molar-refractivity contribution is 5.92. The van der Waals surface area contributed by atoms with Gasteiger partial charge in [0, 0.05) is 6.54 Å². The minimum Gasteiger partial charge on any atom is -0.372 e. The van der Waals surface area contributed by atoms with Crippen LogP contribution in [0.1, 0.15) is 39.9 Å². The molecule has 8 heteroatoms. The second-order valence-corrected chi connectivity index (χ2v) is 5.88. The van der Waals surface area contributed by atoms with Gasteiger partial charge in [0.2, 0.25) is 0 Å². The summed E-state index contributed by atoms with van der Waals surface area (Å²) < 4.78 is 47.7. The van der Waals surface area contributed by atoms with Crippen molar-refractivity contribution in [2.45, 2.75) is 32.0 Å². The molecular weight excluding hydrogens is 323 g/mol. The van der Waals surface area contributed by atoms with E-state index in [0.717, 1.165) is 6.07 Å². The molecule has 1 aromatic carbocycles. The summed E-state index contributed by atoms with van der Waals surface area (Å²) in [7, 11) is 0. The number of imidazole rings is 1. The summed E-state index contributed by atoms with van der Waals surface area (Å²) in [6.07, 6.45) is 2.10. The molecule has 1 atom stereocenters. The van der Waals surface area contributed by atoms with Crippen LogP contribution in [0.2, 0.25) is 0 Å². The van der Waals surface area contributed by atoms with Gasteiger partial charge in [-0.3, -0.25) is 4.79 Å². The van der Waals surface area contributed by atoms with E-state index >= 15 is 0 Å². The summed E-state index contributed by atoms with van der Waals surface area (Å²) in [5.74, 6) is -3.59. The normalized spacial score (nSPS) is 19.0. The first-order valence-electron chi connectivity index (χ1n) is 7.65. The molecule has 1 aliphatic heterocycles. The number of hydrogen-bond acceptors (Lipinski definition) is 3. The number of benzene rings is 1. The molecule has 0 spiro atoms. The highest BCUT2D eigenvalue weighted by Crippen LogP contribution is 2.35. The number of halogens is 3. The largest absolute Gasteiger partial charge is 0.372 e. The van der Waals surface area contributed by atoms with Crippen molar-refractivity contribution >= 4 is 5.91 Å². The molecule has 0 bridgehead atoms. The van der Waals surface area contributed by atoms with Gasteiger partial charge in [0.15, 0.2) is 17.5 Å². The van der Waals surface area contributed by atoms with Crippen LogP contribution < -0.4 is 5.32 Å². The van der Waals surface area contributed by atoms with E-state index in [4.69, 9.17) is 4.74 Å². The van der Waals surface area contributed by atoms with Gasteiger partial charge in [-0.15, -0.1) is 0 Å². The van der Waals surface area contributed by atoms with E-state index in [2.05, 4.69) is 10.3 Å². The maximum Gasteiger partial charge on any atom is 0.270 e. The number of aromatic nitrogens is 2. The van der Waals surface area contributed by atoms with Gasteiger partial charge in [-0.05, 0) is 30.0 Å². The zero-order chi connectivity index (χ0) is 16.8. The van der Waals surface area contributed by atoms with Crippen molar-refractivity contribution in [1.29, 1.82) is 0 Å². The fraction of sp³-hybridized carbons (Fsp3) is 0.375. The standard InChI is InChI=1S/C16H14F3N3O2/c17-10-5-9-8(14(18)15(10)19)1-2-11(9)21-16(23)12-6-20-13-7-24-4-3-22(12)13/h5-6,11H,1-4,7H2,(H,21,23). The van der Waals surface area contributed by atoms with Gasteiger partial charge in [0.05, 0.1) is 18.8 Å². The number of fused-ring (bicyclic) bond motifs is 2. The number of ether oxygens (including phenoxy) is 1. The van der Waals surface area contributed by atoms with Crippen LogP contribution in [0, 0.1) is 17.5 Å². The third-order valence-electron chi connectivity index (χ3n) is 4.52. The Morgan fingerprint density at radius 2 is 2.17 bits per heavy atom. The SMILES string of the molecule is O=C(NC1CCc2c1cc(F)c(F)c2F)c1cnc2n1CCOC2. The van der Waals surface area contributed by atoms with Crippen LogP contribution in [0.15, 0.2) is 12.3 Å². The second-order valence-electron chi connectivity index (χ2n) is 5.88. The fourth-order valence-corrected chi connectivity index (χ4v) is 3.32. The lowest BCUT2D eigenvalue weighted by Gasteiger charge is -2.18. The highest BCUT2D eigenvalue weighted by Gasteiger charge is 2.31. The minimum atomic E-state index is -1.47. The Hall–Kier alpha value is -2.35. The average Bonchev–Trinajstić information content (AvgIpc) is 3.17. The van der Waals surface area contributed by atoms with Crippen LogP contribution in [0.4, 0.5) is 13.2 Å². The summed E-state index contributed by atoms with van der Waals surface area (Å²) >= 11 is 0. The van der Waals surface area contributed by atoms with Crippen LogP contribution in [-0.2, 0) is 24.3 Å². The van der Waals surface area contributed by atoms with Crippen molar-refractivity contribution < 1.29 is 22.7 Å². The predicted octanol–water partition coefficient (Wildman–Crippen LogP) is 2.25. The first kappa shape index (κ1) is 15.2. The molecule has 24 heavy (non-hydrogen) atoms. The molecule has 0 saturated heterocycles. The van der Waals surface area contributed by atoms with Crippen molar-refractivity contribution in [1.82, 2.24) is 14.9 Å². The number of rotatable bonds is 2. The molecule has 1 amide bonds. The lowest BCUT2D eigenvalue weighted by molar-refractivity contribution is 0.0775.